The lowest BCUT2D eigenvalue weighted by molar-refractivity contribution is -0.287. The number of hydrogen-bond donors (Lipinski definition) is 6. The SMILES string of the molecule is Cc1ncsc1-c1ccc(CNC(=O)[C@@H]2C[C@H](O)CN2C(=O)[C@@H](NC(=O)C2(F)CC2)C(C)(C)C)c(OCCOCCOc2nc(Nc3cc(S(C)(=O)=O)ccc3N[C@@H](c3cccc4c3OC(F)(F)O4)c3ncccc3Cl)nc(N3CCNCC3)n2)c1. The Morgan fingerprint density at radius 1 is 0.942 bits per heavy atom. The van der Waals surface area contributed by atoms with Crippen LogP contribution in [0.4, 0.5) is 36.4 Å². The van der Waals surface area contributed by atoms with E-state index >= 15 is 0 Å². The van der Waals surface area contributed by atoms with Crippen molar-refractivity contribution in [3.63, 3.8) is 0 Å². The van der Waals surface area contributed by atoms with Gasteiger partial charge in [0.1, 0.15) is 31.0 Å². The van der Waals surface area contributed by atoms with Gasteiger partial charge in [0, 0.05) is 69.3 Å². The Morgan fingerprint density at radius 3 is 2.42 bits per heavy atom. The number of thiazole rings is 1. The minimum Gasteiger partial charge on any atom is -0.491 e. The van der Waals surface area contributed by atoms with Gasteiger partial charge in [-0.2, -0.15) is 15.0 Å². The standard InChI is InChI=1S/C57H64ClF3N12O11S2/c1-32-47(85-31-65-32)33-11-12-34(29-64-49(75)41-27-35(74)30-73(41)50(76)48(55(2,3)4)68-51(77)56(59)15-16-56)43(26-33)81-24-22-80-23-25-82-54-70-52(69-53(71-54)72-20-18-62-19-21-72)67-40-28-36(86(5,78)79)13-14-39(40)66-44(45-38(58)9-7-17-63-45)37-8-6-10-42-46(37)84-57(60,61)83-42/h6-14,17,26,28,31,35,41,44,48,62,66,74H,15-16,18-25,27,29-30H2,1-5H3,(H,64,75)(H,68,77)(H,67,69,70,71)/t35-,41-,44-,48+/m0/s1. The van der Waals surface area contributed by atoms with E-state index in [9.17, 15) is 41.1 Å². The fourth-order valence-electron chi connectivity index (χ4n) is 9.93. The highest BCUT2D eigenvalue weighted by atomic mass is 35.5. The highest BCUT2D eigenvalue weighted by Gasteiger charge is 2.53. The molecular weight excluding hydrogens is 1190 g/mol. The Bertz CT molecular complexity index is 3610. The summed E-state index contributed by atoms with van der Waals surface area (Å²) in [5.74, 6) is -1.82. The van der Waals surface area contributed by atoms with E-state index < -0.39 is 69.2 Å². The van der Waals surface area contributed by atoms with Crippen molar-refractivity contribution in [1.82, 2.24) is 45.8 Å². The van der Waals surface area contributed by atoms with Crippen LogP contribution in [0.1, 0.15) is 68.6 Å². The Labute approximate surface area is 502 Å². The predicted molar refractivity (Wildman–Crippen MR) is 312 cm³/mol. The zero-order valence-electron chi connectivity index (χ0n) is 47.5. The van der Waals surface area contributed by atoms with Crippen LogP contribution in [-0.4, -0.2) is 157 Å². The van der Waals surface area contributed by atoms with Crippen molar-refractivity contribution in [3.05, 3.63) is 106 Å². The number of carbonyl (C=O) groups excluding carboxylic acids is 3. The molecule has 6 heterocycles. The summed E-state index contributed by atoms with van der Waals surface area (Å²) < 4.78 is 97.9. The first-order valence-electron chi connectivity index (χ1n) is 27.6. The van der Waals surface area contributed by atoms with Crippen LogP contribution in [-0.2, 0) is 35.5 Å². The van der Waals surface area contributed by atoms with E-state index in [1.807, 2.05) is 30.0 Å². The number of rotatable bonds is 23. The number of benzene rings is 3. The van der Waals surface area contributed by atoms with Gasteiger partial charge in [-0.3, -0.25) is 19.4 Å². The Balaban J connectivity index is 0.818. The summed E-state index contributed by atoms with van der Waals surface area (Å²) in [6.07, 6.45) is -2.34. The van der Waals surface area contributed by atoms with Gasteiger partial charge in [-0.05, 0) is 73.2 Å². The van der Waals surface area contributed by atoms with Crippen molar-refractivity contribution >= 4 is 73.8 Å². The van der Waals surface area contributed by atoms with Gasteiger partial charge in [-0.15, -0.1) is 20.1 Å². The zero-order chi connectivity index (χ0) is 61.1. The number of hydrogen-bond acceptors (Lipinski definition) is 21. The number of aliphatic hydroxyl groups excluding tert-OH is 1. The van der Waals surface area contributed by atoms with Crippen LogP contribution in [0.5, 0.6) is 23.3 Å². The highest BCUT2D eigenvalue weighted by molar-refractivity contribution is 7.90. The molecule has 0 spiro atoms. The number of piperazine rings is 1. The zero-order valence-corrected chi connectivity index (χ0v) is 49.9. The van der Waals surface area contributed by atoms with Gasteiger partial charge < -0.3 is 65.2 Å². The molecule has 0 bridgehead atoms. The van der Waals surface area contributed by atoms with Crippen molar-refractivity contribution in [2.75, 3.05) is 80.9 Å². The Morgan fingerprint density at radius 2 is 1.71 bits per heavy atom. The second-order valence-corrected chi connectivity index (χ2v) is 25.4. The molecule has 10 rings (SSSR count). The summed E-state index contributed by atoms with van der Waals surface area (Å²) >= 11 is 8.15. The van der Waals surface area contributed by atoms with E-state index in [1.165, 1.54) is 52.8 Å². The number of sulfone groups is 1. The molecular formula is C57H64ClF3N12O11S2. The number of alkyl halides is 3. The second kappa shape index (κ2) is 25.4. The summed E-state index contributed by atoms with van der Waals surface area (Å²) in [5, 5.41) is 26.1. The maximum Gasteiger partial charge on any atom is 0.586 e. The molecule has 29 heteroatoms. The van der Waals surface area contributed by atoms with Crippen LogP contribution in [0.25, 0.3) is 10.4 Å². The molecule has 3 aliphatic heterocycles. The molecule has 0 unspecified atom stereocenters. The Kier molecular flexibility index (Phi) is 18.1. The molecule has 1 saturated carbocycles. The summed E-state index contributed by atoms with van der Waals surface area (Å²) in [6, 6.07) is 13.9. The number of fused-ring (bicyclic) bond motifs is 1. The summed E-state index contributed by atoms with van der Waals surface area (Å²) in [4.78, 5) is 67.5. The van der Waals surface area contributed by atoms with E-state index in [-0.39, 0.29) is 121 Å². The lowest BCUT2D eigenvalue weighted by Gasteiger charge is -2.35. The smallest absolute Gasteiger partial charge is 0.491 e. The number of aryl methyl sites for hydroxylation is 1. The highest BCUT2D eigenvalue weighted by Crippen LogP contribution is 2.48. The molecule has 6 aromatic rings. The third-order valence-corrected chi connectivity index (χ3v) is 17.0. The molecule has 458 valence electrons. The third kappa shape index (κ3) is 14.4. The van der Waals surface area contributed by atoms with Crippen LogP contribution in [0.2, 0.25) is 5.02 Å². The minimum atomic E-state index is -3.95. The number of halogens is 4. The summed E-state index contributed by atoms with van der Waals surface area (Å²) in [6.45, 7) is 9.42. The second-order valence-electron chi connectivity index (χ2n) is 22.1. The topological polar surface area (TPSA) is 283 Å². The monoisotopic (exact) mass is 1250 g/mol. The number of β-amino-alcohol motifs (C(OH)–C–C–N with tert-alkyl or cyclic N) is 1. The van der Waals surface area contributed by atoms with Crippen LogP contribution < -0.4 is 50.4 Å². The molecule has 3 amide bonds. The van der Waals surface area contributed by atoms with Gasteiger partial charge >= 0.3 is 12.3 Å². The summed E-state index contributed by atoms with van der Waals surface area (Å²) in [7, 11) is -3.79. The number of carbonyl (C=O) groups is 3. The van der Waals surface area contributed by atoms with E-state index in [0.29, 0.717) is 37.5 Å². The predicted octanol–water partition coefficient (Wildman–Crippen LogP) is 6.52. The van der Waals surface area contributed by atoms with Gasteiger partial charge in [0.2, 0.25) is 23.7 Å². The van der Waals surface area contributed by atoms with E-state index in [2.05, 4.69) is 46.5 Å². The molecule has 4 atom stereocenters. The first-order chi connectivity index (χ1) is 40.9. The van der Waals surface area contributed by atoms with Crippen LogP contribution in [0, 0.1) is 12.3 Å². The number of amides is 3. The van der Waals surface area contributed by atoms with Gasteiger partial charge in [-0.25, -0.2) is 17.8 Å². The van der Waals surface area contributed by atoms with Crippen molar-refractivity contribution in [3.8, 4) is 33.7 Å². The van der Waals surface area contributed by atoms with Gasteiger partial charge in [-0.1, -0.05) is 56.6 Å². The van der Waals surface area contributed by atoms with E-state index in [0.717, 1.165) is 22.4 Å². The number of nitrogens with one attached hydrogen (secondary N) is 5. The Hall–Kier alpha value is -7.63. The van der Waals surface area contributed by atoms with Crippen molar-refractivity contribution in [2.45, 2.75) is 94.6 Å². The number of nitrogens with zero attached hydrogens (tertiary/aromatic N) is 7. The lowest BCUT2D eigenvalue weighted by atomic mass is 9.85. The molecule has 4 aliphatic rings. The fraction of sp³-hybridized carbons (Fsp3) is 0.439. The van der Waals surface area contributed by atoms with Gasteiger partial charge in [0.05, 0.1) is 68.4 Å². The number of anilines is 4. The molecule has 1 aliphatic carbocycles. The molecule has 3 fully saturated rings. The molecule has 23 nitrogen and oxygen atoms in total. The quantitative estimate of drug-likeness (QED) is 0.0373. The molecule has 3 aromatic heterocycles. The molecule has 86 heavy (non-hydrogen) atoms. The normalized spacial score (nSPS) is 18.4. The van der Waals surface area contributed by atoms with Gasteiger partial charge in [0.25, 0.3) is 5.91 Å². The largest absolute Gasteiger partial charge is 0.586 e. The first kappa shape index (κ1) is 61.5. The molecule has 2 saturated heterocycles. The van der Waals surface area contributed by atoms with Crippen molar-refractivity contribution in [1.29, 1.82) is 0 Å². The van der Waals surface area contributed by atoms with E-state index in [1.54, 1.807) is 44.5 Å². The first-order valence-corrected chi connectivity index (χ1v) is 30.8. The third-order valence-electron chi connectivity index (χ3n) is 14.6. The van der Waals surface area contributed by atoms with Crippen LogP contribution in [0.15, 0.2) is 83.3 Å². The maximum atomic E-state index is 14.8. The van der Waals surface area contributed by atoms with Crippen molar-refractivity contribution in [2.24, 2.45) is 5.41 Å². The average Bonchev–Trinajstić information content (AvgIpc) is 1.87. The lowest BCUT2D eigenvalue weighted by Crippen LogP contribution is -2.59. The number of aromatic nitrogens is 5. The minimum absolute atomic E-state index is 0.0201. The maximum absolute atomic E-state index is 14.8. The number of pyridine rings is 1. The number of aliphatic hydroxyl groups is 1. The van der Waals surface area contributed by atoms with E-state index in [4.69, 9.17) is 40.3 Å². The average molecular weight is 1250 g/mol. The van der Waals surface area contributed by atoms with Crippen LogP contribution >= 0.6 is 22.9 Å². The number of likely N-dealkylation sites (tertiary alicyclic amines) is 1. The molecule has 6 N–H and O–H groups in total. The molecule has 0 radical (unpaired) electrons. The van der Waals surface area contributed by atoms with Crippen molar-refractivity contribution < 1.29 is 64.8 Å². The number of ether oxygens (including phenoxy) is 5. The summed E-state index contributed by atoms with van der Waals surface area (Å²) in [5.41, 5.74) is 1.92. The molecule has 3 aromatic carbocycles. The fourth-order valence-corrected chi connectivity index (χ4v) is 11.6. The number of para-hydroxylation sites is 1. The van der Waals surface area contributed by atoms with Gasteiger partial charge in [0.15, 0.2) is 27.0 Å². The van der Waals surface area contributed by atoms with Crippen LogP contribution in [0.3, 0.4) is 0 Å².